The number of aliphatic hydroxyl groups is 1. The van der Waals surface area contributed by atoms with Crippen LogP contribution in [0.25, 0.3) is 0 Å². The van der Waals surface area contributed by atoms with Crippen LogP contribution in [0.2, 0.25) is 5.02 Å². The first kappa shape index (κ1) is 12.4. The molecular weight excluding hydrogens is 217 g/mol. The first-order chi connectivity index (χ1) is 7.00. The lowest BCUT2D eigenvalue weighted by Gasteiger charge is -2.18. The first-order valence-electron chi connectivity index (χ1n) is 4.80. The Balaban J connectivity index is 2.68. The fourth-order valence-corrected chi connectivity index (χ4v) is 1.67. The van der Waals surface area contributed by atoms with Gasteiger partial charge in [-0.3, -0.25) is 4.90 Å². The van der Waals surface area contributed by atoms with Crippen LogP contribution in [-0.2, 0) is 6.54 Å². The average Bonchev–Trinajstić information content (AvgIpc) is 2.11. The molecule has 15 heavy (non-hydrogen) atoms. The number of hydrogen-bond acceptors (Lipinski definition) is 2. The Kier molecular flexibility index (Phi) is 4.51. The Hall–Kier alpha value is -0.640. The molecule has 0 heterocycles. The summed E-state index contributed by atoms with van der Waals surface area (Å²) in [6, 6.07) is 4.94. The van der Waals surface area contributed by atoms with Gasteiger partial charge in [-0.25, -0.2) is 4.39 Å². The maximum absolute atomic E-state index is 13.5. The van der Waals surface area contributed by atoms with Gasteiger partial charge in [-0.05, 0) is 20.0 Å². The van der Waals surface area contributed by atoms with Crippen molar-refractivity contribution in [2.24, 2.45) is 0 Å². The van der Waals surface area contributed by atoms with Crippen molar-refractivity contribution in [3.63, 3.8) is 0 Å². The summed E-state index contributed by atoms with van der Waals surface area (Å²) in [5.41, 5.74) is 0.547. The topological polar surface area (TPSA) is 23.5 Å². The summed E-state index contributed by atoms with van der Waals surface area (Å²) in [6.45, 7) is 2.65. The quantitative estimate of drug-likeness (QED) is 0.860. The molecule has 1 N–H and O–H groups in total. The lowest BCUT2D eigenvalue weighted by atomic mass is 10.2. The maximum atomic E-state index is 13.5. The Morgan fingerprint density at radius 3 is 2.80 bits per heavy atom. The normalized spacial score (nSPS) is 13.2. The van der Waals surface area contributed by atoms with Crippen molar-refractivity contribution in [2.45, 2.75) is 19.6 Å². The number of benzene rings is 1. The molecule has 0 fully saturated rings. The molecule has 1 rings (SSSR count). The molecule has 0 amide bonds. The minimum Gasteiger partial charge on any atom is -0.392 e. The molecule has 0 aromatic heterocycles. The largest absolute Gasteiger partial charge is 0.392 e. The van der Waals surface area contributed by atoms with Gasteiger partial charge in [-0.1, -0.05) is 23.7 Å². The molecule has 84 valence electrons. The summed E-state index contributed by atoms with van der Waals surface area (Å²) in [6.07, 6.45) is -0.419. The predicted octanol–water partition coefficient (Wildman–Crippen LogP) is 2.29. The van der Waals surface area contributed by atoms with Crippen molar-refractivity contribution in [3.8, 4) is 0 Å². The lowest BCUT2D eigenvalue weighted by molar-refractivity contribution is 0.138. The maximum Gasteiger partial charge on any atom is 0.146 e. The molecule has 0 saturated heterocycles. The van der Waals surface area contributed by atoms with E-state index in [1.807, 2.05) is 11.9 Å². The molecule has 2 nitrogen and oxygen atoms in total. The zero-order valence-electron chi connectivity index (χ0n) is 8.87. The third kappa shape index (κ3) is 3.78. The van der Waals surface area contributed by atoms with Gasteiger partial charge >= 0.3 is 0 Å². The van der Waals surface area contributed by atoms with E-state index in [0.717, 1.165) is 0 Å². The monoisotopic (exact) mass is 231 g/mol. The van der Waals surface area contributed by atoms with Gasteiger partial charge in [0.2, 0.25) is 0 Å². The number of aliphatic hydroxyl groups excluding tert-OH is 1. The molecule has 0 saturated carbocycles. The first-order valence-corrected chi connectivity index (χ1v) is 5.18. The zero-order chi connectivity index (χ0) is 11.4. The van der Waals surface area contributed by atoms with Crippen molar-refractivity contribution < 1.29 is 9.50 Å². The molecule has 1 aromatic carbocycles. The van der Waals surface area contributed by atoms with Crippen LogP contribution >= 0.6 is 11.6 Å². The molecule has 0 aliphatic carbocycles. The van der Waals surface area contributed by atoms with Crippen LogP contribution in [-0.4, -0.2) is 29.7 Å². The van der Waals surface area contributed by atoms with E-state index in [4.69, 9.17) is 16.7 Å². The minimum atomic E-state index is -0.419. The summed E-state index contributed by atoms with van der Waals surface area (Å²) in [7, 11) is 1.83. The van der Waals surface area contributed by atoms with Crippen LogP contribution in [0.3, 0.4) is 0 Å². The van der Waals surface area contributed by atoms with E-state index in [0.29, 0.717) is 18.7 Å². The molecule has 0 aliphatic rings. The van der Waals surface area contributed by atoms with Crippen LogP contribution in [0.1, 0.15) is 12.5 Å². The Morgan fingerprint density at radius 2 is 2.20 bits per heavy atom. The third-order valence-corrected chi connectivity index (χ3v) is 2.34. The highest BCUT2D eigenvalue weighted by Gasteiger charge is 2.09. The number of halogens is 2. The molecule has 0 bridgehead atoms. The fraction of sp³-hybridized carbons (Fsp3) is 0.455. The Labute approximate surface area is 94.3 Å². The molecule has 1 atom stereocenters. The third-order valence-electron chi connectivity index (χ3n) is 2.05. The van der Waals surface area contributed by atoms with Gasteiger partial charge in [0, 0.05) is 18.7 Å². The molecule has 4 heteroatoms. The van der Waals surface area contributed by atoms with Gasteiger partial charge in [0.05, 0.1) is 11.1 Å². The van der Waals surface area contributed by atoms with Gasteiger partial charge in [0.25, 0.3) is 0 Å². The molecular formula is C11H15ClFNO. The highest BCUT2D eigenvalue weighted by atomic mass is 35.5. The summed E-state index contributed by atoms with van der Waals surface area (Å²) in [4.78, 5) is 1.85. The average molecular weight is 232 g/mol. The number of rotatable bonds is 4. The molecule has 0 spiro atoms. The molecule has 1 unspecified atom stereocenters. The van der Waals surface area contributed by atoms with Gasteiger partial charge in [-0.2, -0.15) is 0 Å². The van der Waals surface area contributed by atoms with E-state index in [9.17, 15) is 4.39 Å². The number of nitrogens with zero attached hydrogens (tertiary/aromatic N) is 1. The summed E-state index contributed by atoms with van der Waals surface area (Å²) >= 11 is 5.66. The SMILES string of the molecule is CC(O)CN(C)Cc1cccc(Cl)c1F. The van der Waals surface area contributed by atoms with Crippen molar-refractivity contribution in [1.29, 1.82) is 0 Å². The van der Waals surface area contributed by atoms with Crippen LogP contribution in [0.4, 0.5) is 4.39 Å². The number of likely N-dealkylation sites (N-methyl/N-ethyl adjacent to an activating group) is 1. The van der Waals surface area contributed by atoms with E-state index in [1.165, 1.54) is 6.07 Å². The van der Waals surface area contributed by atoms with Crippen LogP contribution < -0.4 is 0 Å². The highest BCUT2D eigenvalue weighted by molar-refractivity contribution is 6.30. The van der Waals surface area contributed by atoms with Crippen molar-refractivity contribution in [1.82, 2.24) is 4.90 Å². The highest BCUT2D eigenvalue weighted by Crippen LogP contribution is 2.18. The lowest BCUT2D eigenvalue weighted by Crippen LogP contribution is -2.27. The van der Waals surface area contributed by atoms with Crippen molar-refractivity contribution in [3.05, 3.63) is 34.6 Å². The van der Waals surface area contributed by atoms with Crippen molar-refractivity contribution in [2.75, 3.05) is 13.6 Å². The second-order valence-electron chi connectivity index (χ2n) is 3.76. The Bertz CT molecular complexity index is 330. The second-order valence-corrected chi connectivity index (χ2v) is 4.17. The predicted molar refractivity (Wildman–Crippen MR) is 59.4 cm³/mol. The molecule has 0 aliphatic heterocycles. The van der Waals surface area contributed by atoms with Gasteiger partial charge in [-0.15, -0.1) is 0 Å². The smallest absolute Gasteiger partial charge is 0.146 e. The minimum absolute atomic E-state index is 0.137. The fourth-order valence-electron chi connectivity index (χ4n) is 1.48. The van der Waals surface area contributed by atoms with Gasteiger partial charge in [0.15, 0.2) is 0 Å². The zero-order valence-corrected chi connectivity index (χ0v) is 9.63. The summed E-state index contributed by atoms with van der Waals surface area (Å²) in [5, 5.41) is 9.30. The van der Waals surface area contributed by atoms with E-state index >= 15 is 0 Å². The van der Waals surface area contributed by atoms with Crippen LogP contribution in [0, 0.1) is 5.82 Å². The molecule has 1 aromatic rings. The standard InChI is InChI=1S/C11H15ClFNO/c1-8(15)6-14(2)7-9-4-3-5-10(12)11(9)13/h3-5,8,15H,6-7H2,1-2H3. The van der Waals surface area contributed by atoms with E-state index in [-0.39, 0.29) is 10.8 Å². The number of hydrogen-bond donors (Lipinski definition) is 1. The van der Waals surface area contributed by atoms with Crippen LogP contribution in [0.5, 0.6) is 0 Å². The van der Waals surface area contributed by atoms with Crippen LogP contribution in [0.15, 0.2) is 18.2 Å². The van der Waals surface area contributed by atoms with E-state index < -0.39 is 6.10 Å². The van der Waals surface area contributed by atoms with Gasteiger partial charge in [0.1, 0.15) is 5.82 Å². The summed E-state index contributed by atoms with van der Waals surface area (Å²) < 4.78 is 13.5. The van der Waals surface area contributed by atoms with E-state index in [2.05, 4.69) is 0 Å². The summed E-state index contributed by atoms with van der Waals surface area (Å²) in [5.74, 6) is -0.378. The van der Waals surface area contributed by atoms with Gasteiger partial charge < -0.3 is 5.11 Å². The van der Waals surface area contributed by atoms with E-state index in [1.54, 1.807) is 19.1 Å². The van der Waals surface area contributed by atoms with Crippen molar-refractivity contribution >= 4 is 11.6 Å². The Morgan fingerprint density at radius 1 is 1.53 bits per heavy atom. The second kappa shape index (κ2) is 5.45. The molecule has 0 radical (unpaired) electrons.